The van der Waals surface area contributed by atoms with Crippen LogP contribution in [0.3, 0.4) is 0 Å². The predicted molar refractivity (Wildman–Crippen MR) is 107 cm³/mol. The Hall–Kier alpha value is -1.86. The van der Waals surface area contributed by atoms with E-state index in [1.54, 1.807) is 6.20 Å². The number of carbonyl (C=O) groups excluding carboxylic acids is 1. The van der Waals surface area contributed by atoms with Gasteiger partial charge in [-0.2, -0.15) is 0 Å². The highest BCUT2D eigenvalue weighted by atomic mass is 16.7. The van der Waals surface area contributed by atoms with E-state index < -0.39 is 30.0 Å². The standard InChI is InChI=1S/C20H31BN2O4/c1-14-11-15(9-10-22-14)12-16(13-23-17(24)25-18(2,3)4)21-26-19(5,6)20(7,8)27-21/h9-12H,13H2,1-8H3,(H,23,24). The summed E-state index contributed by atoms with van der Waals surface area (Å²) in [5, 5.41) is 2.80. The van der Waals surface area contributed by atoms with Crippen molar-refractivity contribution in [3.8, 4) is 0 Å². The topological polar surface area (TPSA) is 69.7 Å². The number of carbonyl (C=O) groups is 1. The molecule has 27 heavy (non-hydrogen) atoms. The van der Waals surface area contributed by atoms with Crippen LogP contribution in [-0.4, -0.2) is 41.5 Å². The van der Waals surface area contributed by atoms with Crippen LogP contribution in [0, 0.1) is 6.92 Å². The van der Waals surface area contributed by atoms with Crippen LogP contribution in [0.2, 0.25) is 0 Å². The highest BCUT2D eigenvalue weighted by molar-refractivity contribution is 6.56. The van der Waals surface area contributed by atoms with Gasteiger partial charge in [-0.15, -0.1) is 0 Å². The summed E-state index contributed by atoms with van der Waals surface area (Å²) in [6, 6.07) is 3.88. The zero-order valence-corrected chi connectivity index (χ0v) is 17.7. The molecule has 0 spiro atoms. The van der Waals surface area contributed by atoms with E-state index in [0.29, 0.717) is 0 Å². The predicted octanol–water partition coefficient (Wildman–Crippen LogP) is 3.93. The number of hydrogen-bond acceptors (Lipinski definition) is 5. The van der Waals surface area contributed by atoms with Gasteiger partial charge < -0.3 is 19.4 Å². The van der Waals surface area contributed by atoms with Crippen molar-refractivity contribution in [1.29, 1.82) is 0 Å². The van der Waals surface area contributed by atoms with Gasteiger partial charge in [0.1, 0.15) is 5.60 Å². The average molecular weight is 374 g/mol. The number of ether oxygens (including phenoxy) is 1. The fourth-order valence-electron chi connectivity index (χ4n) is 2.56. The van der Waals surface area contributed by atoms with Crippen molar-refractivity contribution >= 4 is 19.3 Å². The van der Waals surface area contributed by atoms with Gasteiger partial charge >= 0.3 is 13.2 Å². The largest absolute Gasteiger partial charge is 0.492 e. The molecule has 1 saturated heterocycles. The maximum absolute atomic E-state index is 12.1. The van der Waals surface area contributed by atoms with Gasteiger partial charge in [-0.25, -0.2) is 4.79 Å². The summed E-state index contributed by atoms with van der Waals surface area (Å²) in [7, 11) is -0.557. The van der Waals surface area contributed by atoms with Crippen molar-refractivity contribution in [1.82, 2.24) is 10.3 Å². The molecule has 1 aromatic heterocycles. The van der Waals surface area contributed by atoms with Gasteiger partial charge in [-0.3, -0.25) is 4.98 Å². The Morgan fingerprint density at radius 2 is 1.85 bits per heavy atom. The number of aryl methyl sites for hydroxylation is 1. The molecular weight excluding hydrogens is 343 g/mol. The molecule has 1 fully saturated rings. The molecule has 2 heterocycles. The molecule has 148 valence electrons. The van der Waals surface area contributed by atoms with E-state index in [4.69, 9.17) is 14.0 Å². The van der Waals surface area contributed by atoms with Gasteiger partial charge in [-0.05, 0) is 78.6 Å². The molecule has 0 atom stereocenters. The third-order valence-electron chi connectivity index (χ3n) is 4.66. The van der Waals surface area contributed by atoms with Crippen molar-refractivity contribution in [2.24, 2.45) is 0 Å². The van der Waals surface area contributed by atoms with E-state index in [1.807, 2.05) is 73.6 Å². The van der Waals surface area contributed by atoms with Crippen molar-refractivity contribution in [2.75, 3.05) is 6.54 Å². The Kier molecular flexibility index (Phi) is 6.07. The number of hydrogen-bond donors (Lipinski definition) is 1. The second-order valence-electron chi connectivity index (χ2n) is 8.89. The summed E-state index contributed by atoms with van der Waals surface area (Å²) in [4.78, 5) is 16.3. The normalized spacial score (nSPS) is 19.1. The molecule has 7 heteroatoms. The third-order valence-corrected chi connectivity index (χ3v) is 4.66. The molecule has 0 radical (unpaired) electrons. The van der Waals surface area contributed by atoms with Crippen molar-refractivity contribution in [3.63, 3.8) is 0 Å². The SMILES string of the molecule is Cc1cc(C=C(CNC(=O)OC(C)(C)C)B2OC(C)(C)C(C)(C)O2)ccn1. The Morgan fingerprint density at radius 3 is 2.37 bits per heavy atom. The van der Waals surface area contributed by atoms with E-state index >= 15 is 0 Å². The van der Waals surface area contributed by atoms with Crippen molar-refractivity contribution < 1.29 is 18.8 Å². The van der Waals surface area contributed by atoms with Gasteiger partial charge in [0.15, 0.2) is 0 Å². The van der Waals surface area contributed by atoms with Gasteiger partial charge in [0.2, 0.25) is 0 Å². The van der Waals surface area contributed by atoms with Crippen LogP contribution >= 0.6 is 0 Å². The summed E-state index contributed by atoms with van der Waals surface area (Å²) < 4.78 is 17.7. The van der Waals surface area contributed by atoms with Crippen LogP contribution in [0.1, 0.15) is 59.7 Å². The number of aromatic nitrogens is 1. The van der Waals surface area contributed by atoms with E-state index in [9.17, 15) is 4.79 Å². The molecule has 0 aliphatic carbocycles. The second kappa shape index (κ2) is 7.64. The fraction of sp³-hybridized carbons (Fsp3) is 0.600. The third kappa shape index (κ3) is 5.81. The fourth-order valence-corrected chi connectivity index (χ4v) is 2.56. The molecule has 1 amide bonds. The molecular formula is C20H31BN2O4. The minimum atomic E-state index is -0.557. The molecule has 1 aliphatic heterocycles. The van der Waals surface area contributed by atoms with E-state index in [1.165, 1.54) is 0 Å². The van der Waals surface area contributed by atoms with Crippen LogP contribution in [0.5, 0.6) is 0 Å². The molecule has 6 nitrogen and oxygen atoms in total. The number of nitrogens with one attached hydrogen (secondary N) is 1. The highest BCUT2D eigenvalue weighted by Crippen LogP contribution is 2.38. The first kappa shape index (κ1) is 21.4. The first-order valence-electron chi connectivity index (χ1n) is 9.25. The van der Waals surface area contributed by atoms with Crippen molar-refractivity contribution in [3.05, 3.63) is 35.1 Å². The summed E-state index contributed by atoms with van der Waals surface area (Å²) in [6.07, 6.45) is 3.24. The minimum absolute atomic E-state index is 0.257. The zero-order valence-electron chi connectivity index (χ0n) is 17.7. The molecule has 0 bridgehead atoms. The number of pyridine rings is 1. The first-order valence-corrected chi connectivity index (χ1v) is 9.25. The highest BCUT2D eigenvalue weighted by Gasteiger charge is 2.52. The number of nitrogens with zero attached hydrogens (tertiary/aromatic N) is 1. The number of alkyl carbamates (subject to hydrolysis) is 1. The smallest absolute Gasteiger partial charge is 0.444 e. The average Bonchev–Trinajstić information content (AvgIpc) is 2.70. The lowest BCUT2D eigenvalue weighted by molar-refractivity contribution is 0.00578. The van der Waals surface area contributed by atoms with Crippen LogP contribution in [0.15, 0.2) is 23.8 Å². The molecule has 2 rings (SSSR count). The van der Waals surface area contributed by atoms with E-state index in [-0.39, 0.29) is 6.54 Å². The molecule has 0 saturated carbocycles. The molecule has 0 unspecified atom stereocenters. The first-order chi connectivity index (χ1) is 12.3. The molecule has 1 aromatic rings. The van der Waals surface area contributed by atoms with Gasteiger partial charge in [0, 0.05) is 18.4 Å². The lowest BCUT2D eigenvalue weighted by Gasteiger charge is -2.32. The van der Waals surface area contributed by atoms with Gasteiger partial charge in [-0.1, -0.05) is 6.08 Å². The molecule has 1 N–H and O–H groups in total. The number of amides is 1. The Bertz CT molecular complexity index is 707. The van der Waals surface area contributed by atoms with Crippen molar-refractivity contribution in [2.45, 2.75) is 72.2 Å². The summed E-state index contributed by atoms with van der Waals surface area (Å²) >= 11 is 0. The molecule has 0 aromatic carbocycles. The number of rotatable bonds is 4. The zero-order chi connectivity index (χ0) is 20.5. The quantitative estimate of drug-likeness (QED) is 0.809. The maximum Gasteiger partial charge on any atom is 0.492 e. The lowest BCUT2D eigenvalue weighted by atomic mass is 9.77. The summed E-state index contributed by atoms with van der Waals surface area (Å²) in [5.74, 6) is 0. The van der Waals surface area contributed by atoms with E-state index in [0.717, 1.165) is 16.7 Å². The van der Waals surface area contributed by atoms with Crippen LogP contribution in [0.25, 0.3) is 6.08 Å². The molecule has 1 aliphatic rings. The summed E-state index contributed by atoms with van der Waals surface area (Å²) in [5.41, 5.74) is 1.22. The van der Waals surface area contributed by atoms with Crippen LogP contribution < -0.4 is 5.32 Å². The van der Waals surface area contributed by atoms with Crippen LogP contribution in [0.4, 0.5) is 4.79 Å². The van der Waals surface area contributed by atoms with Crippen LogP contribution in [-0.2, 0) is 14.0 Å². The Morgan fingerprint density at radius 1 is 1.26 bits per heavy atom. The van der Waals surface area contributed by atoms with Gasteiger partial charge in [0.25, 0.3) is 0 Å². The van der Waals surface area contributed by atoms with Gasteiger partial charge in [0.05, 0.1) is 11.2 Å². The summed E-state index contributed by atoms with van der Waals surface area (Å²) in [6.45, 7) is 15.7. The van der Waals surface area contributed by atoms with E-state index in [2.05, 4.69) is 10.3 Å². The lowest BCUT2D eigenvalue weighted by Crippen LogP contribution is -2.41. The Labute approximate surface area is 162 Å². The monoisotopic (exact) mass is 374 g/mol. The Balaban J connectivity index is 2.23. The minimum Gasteiger partial charge on any atom is -0.444 e. The maximum atomic E-state index is 12.1. The second-order valence-corrected chi connectivity index (χ2v) is 8.89.